The van der Waals surface area contributed by atoms with Gasteiger partial charge in [0.1, 0.15) is 11.8 Å². The van der Waals surface area contributed by atoms with Crippen LogP contribution in [0.15, 0.2) is 47.8 Å². The molecule has 0 radical (unpaired) electrons. The highest BCUT2D eigenvalue weighted by Gasteiger charge is 2.12. The number of anilines is 1. The highest BCUT2D eigenvalue weighted by Crippen LogP contribution is 2.27. The van der Waals surface area contributed by atoms with Crippen molar-refractivity contribution in [1.82, 2.24) is 0 Å². The van der Waals surface area contributed by atoms with Crippen LogP contribution in [0.2, 0.25) is 0 Å². The summed E-state index contributed by atoms with van der Waals surface area (Å²) in [6.45, 7) is 11.0. The van der Waals surface area contributed by atoms with E-state index >= 15 is 0 Å². The molecule has 1 rings (SSSR count). The third-order valence-corrected chi connectivity index (χ3v) is 3.48. The summed E-state index contributed by atoms with van der Waals surface area (Å²) in [6, 6.07) is 7.10. The molecule has 0 aliphatic carbocycles. The van der Waals surface area contributed by atoms with Crippen molar-refractivity contribution in [3.05, 3.63) is 53.1 Å². The van der Waals surface area contributed by atoms with E-state index in [9.17, 15) is 10.2 Å². The van der Waals surface area contributed by atoms with E-state index in [1.165, 1.54) is 6.07 Å². The quantitative estimate of drug-likeness (QED) is 0.484. The summed E-state index contributed by atoms with van der Waals surface area (Å²) in [6.07, 6.45) is 5.96. The molecular formula is C18H23N3O. The van der Waals surface area contributed by atoms with E-state index in [-0.39, 0.29) is 5.69 Å². The standard InChI is InChI=1S/C18H23N3O/c1-5-7-10-21(13-15(6-2)14(3)4)18-9-8-17(20-22)11-16(18)12-19/h6,8-9,11,13-14H,2,5,7,10H2,1,3-4H3/b15-13+. The Hall–Kier alpha value is -2.41. The van der Waals surface area contributed by atoms with Crippen LogP contribution in [-0.4, -0.2) is 6.54 Å². The Morgan fingerprint density at radius 1 is 1.50 bits per heavy atom. The lowest BCUT2D eigenvalue weighted by atomic mass is 10.0. The zero-order valence-corrected chi connectivity index (χ0v) is 13.5. The smallest absolute Gasteiger partial charge is 0.109 e. The van der Waals surface area contributed by atoms with Crippen LogP contribution in [-0.2, 0) is 0 Å². The van der Waals surface area contributed by atoms with Crippen LogP contribution in [0.4, 0.5) is 11.4 Å². The van der Waals surface area contributed by atoms with Gasteiger partial charge < -0.3 is 4.90 Å². The van der Waals surface area contributed by atoms with Crippen LogP contribution >= 0.6 is 0 Å². The first kappa shape index (κ1) is 17.6. The third-order valence-electron chi connectivity index (χ3n) is 3.48. The monoisotopic (exact) mass is 297 g/mol. The van der Waals surface area contributed by atoms with Crippen LogP contribution in [0, 0.1) is 22.2 Å². The maximum atomic E-state index is 10.6. The summed E-state index contributed by atoms with van der Waals surface area (Å²) in [4.78, 5) is 12.7. The van der Waals surface area contributed by atoms with Gasteiger partial charge in [0.05, 0.1) is 11.3 Å². The van der Waals surface area contributed by atoms with Gasteiger partial charge in [-0.1, -0.05) is 39.8 Å². The molecule has 0 unspecified atom stereocenters. The number of unbranched alkanes of at least 4 members (excludes halogenated alkanes) is 1. The summed E-state index contributed by atoms with van der Waals surface area (Å²) in [5.41, 5.74) is 2.63. The lowest BCUT2D eigenvalue weighted by molar-refractivity contribution is 0.755. The normalized spacial score (nSPS) is 11.1. The molecule has 0 N–H and O–H groups in total. The first-order valence-corrected chi connectivity index (χ1v) is 7.55. The molecule has 1 aromatic rings. The van der Waals surface area contributed by atoms with Gasteiger partial charge in [-0.15, -0.1) is 4.91 Å². The second-order valence-corrected chi connectivity index (χ2v) is 5.44. The maximum Gasteiger partial charge on any atom is 0.109 e. The SMILES string of the molecule is C=C/C(=C\N(CCCC)c1ccc(N=O)cc1C#N)C(C)C. The molecule has 1 aromatic carbocycles. The van der Waals surface area contributed by atoms with Crippen molar-refractivity contribution in [2.45, 2.75) is 33.6 Å². The highest BCUT2D eigenvalue weighted by atomic mass is 16.3. The fraction of sp³-hybridized carbons (Fsp3) is 0.389. The molecule has 4 nitrogen and oxygen atoms in total. The van der Waals surface area contributed by atoms with Crippen LogP contribution in [0.5, 0.6) is 0 Å². The number of allylic oxidation sites excluding steroid dienone is 2. The molecule has 0 saturated carbocycles. The van der Waals surface area contributed by atoms with Crippen molar-refractivity contribution in [3.63, 3.8) is 0 Å². The predicted molar refractivity (Wildman–Crippen MR) is 92.0 cm³/mol. The number of benzene rings is 1. The third kappa shape index (κ3) is 4.56. The Morgan fingerprint density at radius 2 is 2.23 bits per heavy atom. The minimum atomic E-state index is 0.271. The average molecular weight is 297 g/mol. The van der Waals surface area contributed by atoms with Gasteiger partial charge in [0.2, 0.25) is 0 Å². The topological polar surface area (TPSA) is 56.5 Å². The molecule has 0 fully saturated rings. The largest absolute Gasteiger partial charge is 0.347 e. The summed E-state index contributed by atoms with van der Waals surface area (Å²) < 4.78 is 0. The van der Waals surface area contributed by atoms with E-state index in [1.807, 2.05) is 12.3 Å². The summed E-state index contributed by atoms with van der Waals surface area (Å²) in [7, 11) is 0. The van der Waals surface area contributed by atoms with Gasteiger partial charge >= 0.3 is 0 Å². The molecule has 0 aliphatic rings. The van der Waals surface area contributed by atoms with Crippen LogP contribution in [0.1, 0.15) is 39.2 Å². The van der Waals surface area contributed by atoms with Crippen LogP contribution < -0.4 is 4.90 Å². The Bertz CT molecular complexity index is 597. The van der Waals surface area contributed by atoms with Gasteiger partial charge in [-0.05, 0) is 41.3 Å². The summed E-state index contributed by atoms with van der Waals surface area (Å²) >= 11 is 0. The average Bonchev–Trinajstić information content (AvgIpc) is 2.54. The van der Waals surface area contributed by atoms with E-state index < -0.39 is 0 Å². The second-order valence-electron chi connectivity index (χ2n) is 5.44. The van der Waals surface area contributed by atoms with Crippen molar-refractivity contribution in [1.29, 1.82) is 5.26 Å². The van der Waals surface area contributed by atoms with Gasteiger partial charge in [0, 0.05) is 12.7 Å². The molecule has 0 heterocycles. The molecule has 0 bridgehead atoms. The molecule has 0 saturated heterocycles. The zero-order chi connectivity index (χ0) is 16.5. The minimum absolute atomic E-state index is 0.271. The van der Waals surface area contributed by atoms with Gasteiger partial charge in [-0.25, -0.2) is 0 Å². The molecule has 0 atom stereocenters. The molecule has 0 amide bonds. The van der Waals surface area contributed by atoms with E-state index in [4.69, 9.17) is 0 Å². The van der Waals surface area contributed by atoms with Crippen molar-refractivity contribution < 1.29 is 0 Å². The number of rotatable bonds is 8. The van der Waals surface area contributed by atoms with Crippen molar-refractivity contribution in [2.24, 2.45) is 11.1 Å². The highest BCUT2D eigenvalue weighted by molar-refractivity contribution is 5.65. The molecular weight excluding hydrogens is 274 g/mol. The maximum absolute atomic E-state index is 10.6. The first-order chi connectivity index (χ1) is 10.6. The molecule has 0 aliphatic heterocycles. The van der Waals surface area contributed by atoms with Gasteiger partial charge in [-0.3, -0.25) is 0 Å². The second kappa shape index (κ2) is 8.78. The van der Waals surface area contributed by atoms with E-state index in [2.05, 4.69) is 43.5 Å². The van der Waals surface area contributed by atoms with Crippen molar-refractivity contribution in [2.75, 3.05) is 11.4 Å². The fourth-order valence-electron chi connectivity index (χ4n) is 2.12. The fourth-order valence-corrected chi connectivity index (χ4v) is 2.12. The Labute approximate surface area is 132 Å². The number of hydrogen-bond donors (Lipinski definition) is 0. The predicted octanol–water partition coefficient (Wildman–Crippen LogP) is 5.29. The van der Waals surface area contributed by atoms with Gasteiger partial charge in [0.15, 0.2) is 0 Å². The number of hydrogen-bond acceptors (Lipinski definition) is 4. The Kier molecular flexibility index (Phi) is 7.04. The van der Waals surface area contributed by atoms with Crippen LogP contribution in [0.25, 0.3) is 0 Å². The van der Waals surface area contributed by atoms with Gasteiger partial charge in [-0.2, -0.15) is 5.26 Å². The number of nitroso groups, excluding NO2 is 1. The first-order valence-electron chi connectivity index (χ1n) is 7.55. The summed E-state index contributed by atoms with van der Waals surface area (Å²) in [5.74, 6) is 0.350. The van der Waals surface area contributed by atoms with Crippen molar-refractivity contribution >= 4 is 11.4 Å². The number of nitriles is 1. The lowest BCUT2D eigenvalue weighted by Gasteiger charge is -2.24. The molecule has 0 aromatic heterocycles. The Balaban J connectivity index is 3.30. The van der Waals surface area contributed by atoms with Gasteiger partial charge in [0.25, 0.3) is 0 Å². The van der Waals surface area contributed by atoms with E-state index in [1.54, 1.807) is 12.1 Å². The zero-order valence-electron chi connectivity index (χ0n) is 13.5. The Morgan fingerprint density at radius 3 is 2.73 bits per heavy atom. The lowest BCUT2D eigenvalue weighted by Crippen LogP contribution is -2.20. The van der Waals surface area contributed by atoms with E-state index in [0.29, 0.717) is 11.5 Å². The molecule has 22 heavy (non-hydrogen) atoms. The van der Waals surface area contributed by atoms with Crippen LogP contribution in [0.3, 0.4) is 0 Å². The molecule has 0 spiro atoms. The molecule has 4 heteroatoms. The van der Waals surface area contributed by atoms with E-state index in [0.717, 1.165) is 30.6 Å². The summed E-state index contributed by atoms with van der Waals surface area (Å²) in [5, 5.41) is 12.2. The minimum Gasteiger partial charge on any atom is -0.347 e. The molecule has 116 valence electrons. The van der Waals surface area contributed by atoms with Crippen molar-refractivity contribution in [3.8, 4) is 6.07 Å². The number of nitrogens with zero attached hydrogens (tertiary/aromatic N) is 3.